The highest BCUT2D eigenvalue weighted by molar-refractivity contribution is 7.92. The third-order valence-electron chi connectivity index (χ3n) is 3.12. The second-order valence-corrected chi connectivity index (χ2v) is 6.41. The lowest BCUT2D eigenvalue weighted by molar-refractivity contribution is 0.0600. The summed E-state index contributed by atoms with van der Waals surface area (Å²) in [7, 11) is -2.73. The molecule has 23 heavy (non-hydrogen) atoms. The number of hydrogen-bond acceptors (Lipinski definition) is 5. The number of para-hydroxylation sites is 1. The van der Waals surface area contributed by atoms with E-state index in [2.05, 4.69) is 9.46 Å². The number of ketones is 1. The van der Waals surface area contributed by atoms with E-state index < -0.39 is 16.0 Å². The molecule has 0 radical (unpaired) electrons. The second kappa shape index (κ2) is 6.62. The fraction of sp³-hybridized carbons (Fsp3) is 0.125. The van der Waals surface area contributed by atoms with Crippen LogP contribution in [0.5, 0.6) is 0 Å². The molecule has 6 nitrogen and oxygen atoms in total. The molecule has 2 aromatic carbocycles. The smallest absolute Gasteiger partial charge is 0.337 e. The fourth-order valence-electron chi connectivity index (χ4n) is 1.99. The molecule has 0 saturated carbocycles. The van der Waals surface area contributed by atoms with Gasteiger partial charge in [0.2, 0.25) is 0 Å². The Morgan fingerprint density at radius 3 is 2.39 bits per heavy atom. The van der Waals surface area contributed by atoms with Crippen molar-refractivity contribution in [3.63, 3.8) is 0 Å². The monoisotopic (exact) mass is 333 g/mol. The summed E-state index contributed by atoms with van der Waals surface area (Å²) in [5.74, 6) is -0.891. The summed E-state index contributed by atoms with van der Waals surface area (Å²) in [5.41, 5.74) is 0.568. The maximum Gasteiger partial charge on any atom is 0.337 e. The van der Waals surface area contributed by atoms with Crippen molar-refractivity contribution in [3.8, 4) is 0 Å². The van der Waals surface area contributed by atoms with Crippen molar-refractivity contribution in [3.05, 3.63) is 59.7 Å². The Balaban J connectivity index is 2.41. The van der Waals surface area contributed by atoms with Gasteiger partial charge in [0.1, 0.15) is 0 Å². The van der Waals surface area contributed by atoms with Crippen molar-refractivity contribution in [2.75, 3.05) is 11.8 Å². The molecule has 0 saturated heterocycles. The van der Waals surface area contributed by atoms with E-state index in [9.17, 15) is 18.0 Å². The Kier molecular flexibility index (Phi) is 4.80. The van der Waals surface area contributed by atoms with Crippen molar-refractivity contribution in [1.29, 1.82) is 0 Å². The lowest BCUT2D eigenvalue weighted by atomic mass is 10.1. The summed E-state index contributed by atoms with van der Waals surface area (Å²) in [5, 5.41) is 0. The van der Waals surface area contributed by atoms with Gasteiger partial charge in [-0.3, -0.25) is 9.52 Å². The van der Waals surface area contributed by atoms with E-state index in [1.807, 2.05) is 0 Å². The maximum absolute atomic E-state index is 12.5. The van der Waals surface area contributed by atoms with Crippen LogP contribution in [0.4, 0.5) is 5.69 Å². The first-order chi connectivity index (χ1) is 10.8. The van der Waals surface area contributed by atoms with Gasteiger partial charge in [-0.25, -0.2) is 13.2 Å². The molecule has 2 rings (SSSR count). The van der Waals surface area contributed by atoms with Gasteiger partial charge in [-0.1, -0.05) is 18.2 Å². The average molecular weight is 333 g/mol. The number of ether oxygens (including phenoxy) is 1. The molecule has 0 aliphatic carbocycles. The van der Waals surface area contributed by atoms with Gasteiger partial charge in [0.05, 0.1) is 23.3 Å². The van der Waals surface area contributed by atoms with Crippen LogP contribution in [0.15, 0.2) is 53.4 Å². The molecule has 7 heteroatoms. The Bertz CT molecular complexity index is 858. The molecular weight excluding hydrogens is 318 g/mol. The number of nitrogens with one attached hydrogen (secondary N) is 1. The highest BCUT2D eigenvalue weighted by atomic mass is 32.2. The van der Waals surface area contributed by atoms with Gasteiger partial charge >= 0.3 is 5.97 Å². The number of esters is 1. The Morgan fingerprint density at radius 1 is 1.04 bits per heavy atom. The molecule has 0 heterocycles. The molecule has 0 aliphatic heterocycles. The molecule has 120 valence electrons. The van der Waals surface area contributed by atoms with Crippen molar-refractivity contribution >= 4 is 27.5 Å². The minimum absolute atomic E-state index is 0.0984. The normalized spacial score (nSPS) is 10.9. The molecule has 2 aromatic rings. The van der Waals surface area contributed by atoms with Crippen LogP contribution in [0.1, 0.15) is 27.6 Å². The second-order valence-electron chi connectivity index (χ2n) is 4.73. The van der Waals surface area contributed by atoms with Crippen LogP contribution in [0.25, 0.3) is 0 Å². The van der Waals surface area contributed by atoms with Crippen molar-refractivity contribution in [2.24, 2.45) is 0 Å². The average Bonchev–Trinajstić information content (AvgIpc) is 2.54. The van der Waals surface area contributed by atoms with Crippen LogP contribution in [0.2, 0.25) is 0 Å². The van der Waals surface area contributed by atoms with Crippen LogP contribution < -0.4 is 4.72 Å². The van der Waals surface area contributed by atoms with Gasteiger partial charge in [0.25, 0.3) is 10.0 Å². The molecule has 1 N–H and O–H groups in total. The number of Topliss-reactive ketones (excluding diaryl/α,β-unsaturated/α-hetero) is 1. The predicted octanol–water partition coefficient (Wildman–Crippen LogP) is 2.48. The van der Waals surface area contributed by atoms with Crippen LogP contribution in [0.3, 0.4) is 0 Å². The maximum atomic E-state index is 12.5. The zero-order valence-corrected chi connectivity index (χ0v) is 13.4. The Morgan fingerprint density at radius 2 is 1.74 bits per heavy atom. The standard InChI is InChI=1S/C16H15NO5S/c1-11(18)14-8-3-4-9-15(14)17-23(20,21)13-7-5-6-12(10-13)16(19)22-2/h3-10,17H,1-2H3. The van der Waals surface area contributed by atoms with Crippen LogP contribution in [0, 0.1) is 0 Å². The molecule has 0 aromatic heterocycles. The summed E-state index contributed by atoms with van der Waals surface area (Å²) >= 11 is 0. The third kappa shape index (κ3) is 3.75. The number of sulfonamides is 1. The van der Waals surface area contributed by atoms with Crippen molar-refractivity contribution in [2.45, 2.75) is 11.8 Å². The molecule has 0 spiro atoms. The Labute approximate surface area is 134 Å². The molecular formula is C16H15NO5S. The van der Waals surface area contributed by atoms with E-state index in [1.165, 1.54) is 50.4 Å². The summed E-state index contributed by atoms with van der Waals surface area (Å²) in [6.07, 6.45) is 0. The SMILES string of the molecule is COC(=O)c1cccc(S(=O)(=O)Nc2ccccc2C(C)=O)c1. The summed E-state index contributed by atoms with van der Waals surface area (Å²) in [6, 6.07) is 11.8. The van der Waals surface area contributed by atoms with E-state index in [1.54, 1.807) is 12.1 Å². The summed E-state index contributed by atoms with van der Waals surface area (Å²) in [4.78, 5) is 23.0. The molecule has 0 fully saturated rings. The van der Waals surface area contributed by atoms with E-state index in [0.717, 1.165) is 0 Å². The number of carbonyl (C=O) groups excluding carboxylic acids is 2. The minimum Gasteiger partial charge on any atom is -0.465 e. The van der Waals surface area contributed by atoms with Gasteiger partial charge in [-0.15, -0.1) is 0 Å². The van der Waals surface area contributed by atoms with Crippen molar-refractivity contribution in [1.82, 2.24) is 0 Å². The number of carbonyl (C=O) groups is 2. The quantitative estimate of drug-likeness (QED) is 0.670. The van der Waals surface area contributed by atoms with Crippen molar-refractivity contribution < 1.29 is 22.7 Å². The first kappa shape index (κ1) is 16.7. The van der Waals surface area contributed by atoms with Gasteiger partial charge in [0.15, 0.2) is 5.78 Å². The predicted molar refractivity (Wildman–Crippen MR) is 85.0 cm³/mol. The Hall–Kier alpha value is -2.67. The largest absolute Gasteiger partial charge is 0.465 e. The number of anilines is 1. The zero-order chi connectivity index (χ0) is 17.0. The lowest BCUT2D eigenvalue weighted by Crippen LogP contribution is -2.15. The molecule has 0 aliphatic rings. The lowest BCUT2D eigenvalue weighted by Gasteiger charge is -2.11. The minimum atomic E-state index is -3.94. The molecule has 0 unspecified atom stereocenters. The van der Waals surface area contributed by atoms with E-state index in [4.69, 9.17) is 0 Å². The number of benzene rings is 2. The van der Waals surface area contributed by atoms with Gasteiger partial charge < -0.3 is 4.74 Å². The van der Waals surface area contributed by atoms with Crippen LogP contribution in [-0.2, 0) is 14.8 Å². The topological polar surface area (TPSA) is 89.5 Å². The first-order valence-corrected chi connectivity index (χ1v) is 8.14. The van der Waals surface area contributed by atoms with Crippen LogP contribution in [-0.4, -0.2) is 27.3 Å². The van der Waals surface area contributed by atoms with Gasteiger partial charge in [-0.05, 0) is 37.3 Å². The summed E-state index contributed by atoms with van der Waals surface area (Å²) < 4.78 is 31.9. The highest BCUT2D eigenvalue weighted by Gasteiger charge is 2.19. The summed E-state index contributed by atoms with van der Waals surface area (Å²) in [6.45, 7) is 1.35. The first-order valence-electron chi connectivity index (χ1n) is 6.66. The third-order valence-corrected chi connectivity index (χ3v) is 4.48. The van der Waals surface area contributed by atoms with E-state index in [-0.39, 0.29) is 27.5 Å². The van der Waals surface area contributed by atoms with E-state index >= 15 is 0 Å². The molecule has 0 amide bonds. The number of rotatable bonds is 5. The molecule has 0 bridgehead atoms. The number of methoxy groups -OCH3 is 1. The van der Waals surface area contributed by atoms with E-state index in [0.29, 0.717) is 0 Å². The molecule has 0 atom stereocenters. The zero-order valence-electron chi connectivity index (χ0n) is 12.6. The fourth-order valence-corrected chi connectivity index (χ4v) is 3.12. The van der Waals surface area contributed by atoms with Gasteiger partial charge in [-0.2, -0.15) is 0 Å². The highest BCUT2D eigenvalue weighted by Crippen LogP contribution is 2.21. The van der Waals surface area contributed by atoms with Gasteiger partial charge in [0, 0.05) is 5.56 Å². The number of hydrogen-bond donors (Lipinski definition) is 1. The van der Waals surface area contributed by atoms with Crippen LogP contribution >= 0.6 is 0 Å².